The van der Waals surface area contributed by atoms with Crippen LogP contribution in [0.2, 0.25) is 0 Å². The Morgan fingerprint density at radius 1 is 1.26 bits per heavy atom. The van der Waals surface area contributed by atoms with E-state index in [0.717, 1.165) is 12.3 Å². The van der Waals surface area contributed by atoms with Gasteiger partial charge in [-0.2, -0.15) is 0 Å². The maximum Gasteiger partial charge on any atom is 0.350 e. The molecule has 8 heteroatoms. The Morgan fingerprint density at radius 2 is 1.83 bits per heavy atom. The van der Waals surface area contributed by atoms with Gasteiger partial charge in [0.15, 0.2) is 5.57 Å². The summed E-state index contributed by atoms with van der Waals surface area (Å²) in [6.45, 7) is 4.23. The van der Waals surface area contributed by atoms with Crippen LogP contribution < -0.4 is 5.32 Å². The molecule has 1 aliphatic rings. The van der Waals surface area contributed by atoms with Gasteiger partial charge in [0.2, 0.25) is 0 Å². The van der Waals surface area contributed by atoms with Gasteiger partial charge in [-0.1, -0.05) is 0 Å². The number of ether oxygens (including phenoxy) is 2. The van der Waals surface area contributed by atoms with E-state index in [-0.39, 0.29) is 16.8 Å². The Hall–Kier alpha value is -2.90. The van der Waals surface area contributed by atoms with E-state index in [2.05, 4.69) is 5.32 Å². The molecule has 7 nitrogen and oxygen atoms in total. The number of carbonyl (C=O) groups excluding carboxylic acids is 2. The molecule has 0 atom stereocenters. The zero-order valence-electron chi connectivity index (χ0n) is 12.6. The number of halogens is 1. The number of aromatic carboxylic acids is 1. The lowest BCUT2D eigenvalue weighted by Gasteiger charge is -2.29. The summed E-state index contributed by atoms with van der Waals surface area (Å²) in [6, 6.07) is 2.06. The van der Waals surface area contributed by atoms with Crippen molar-refractivity contribution in [1.82, 2.24) is 0 Å². The minimum absolute atomic E-state index is 0.0975. The summed E-state index contributed by atoms with van der Waals surface area (Å²) in [6.07, 6.45) is 0.993. The molecular formula is C15H14FNO6. The van der Waals surface area contributed by atoms with Crippen molar-refractivity contribution in [3.8, 4) is 0 Å². The van der Waals surface area contributed by atoms with Crippen molar-refractivity contribution in [2.45, 2.75) is 26.6 Å². The number of nitrogens with one attached hydrogen (secondary N) is 1. The zero-order chi connectivity index (χ0) is 17.4. The molecular weight excluding hydrogens is 309 g/mol. The fourth-order valence-electron chi connectivity index (χ4n) is 1.88. The van der Waals surface area contributed by atoms with Gasteiger partial charge in [-0.15, -0.1) is 0 Å². The summed E-state index contributed by atoms with van der Waals surface area (Å²) in [5.74, 6) is -5.20. The van der Waals surface area contributed by atoms with E-state index < -0.39 is 35.1 Å². The van der Waals surface area contributed by atoms with E-state index in [1.54, 1.807) is 0 Å². The minimum Gasteiger partial charge on any atom is -0.478 e. The molecule has 1 fully saturated rings. The van der Waals surface area contributed by atoms with E-state index in [1.807, 2.05) is 0 Å². The molecule has 0 spiro atoms. The standard InChI is InChI=1S/C15H14FNO6/c1-7-10(16)4-8(12(18)19)5-11(7)17-6-9-13(20)22-15(2,3)23-14(9)21/h4-6,17H,1-3H3,(H,18,19). The zero-order valence-corrected chi connectivity index (χ0v) is 12.6. The number of rotatable bonds is 3. The number of benzene rings is 1. The molecule has 0 aromatic heterocycles. The molecule has 0 amide bonds. The minimum atomic E-state index is -1.36. The molecule has 1 aromatic carbocycles. The highest BCUT2D eigenvalue weighted by atomic mass is 19.1. The summed E-state index contributed by atoms with van der Waals surface area (Å²) in [5, 5.41) is 11.5. The number of esters is 2. The molecule has 2 rings (SSSR count). The van der Waals surface area contributed by atoms with Gasteiger partial charge in [-0.05, 0) is 19.1 Å². The second kappa shape index (κ2) is 5.71. The molecule has 1 saturated heterocycles. The second-order valence-electron chi connectivity index (χ2n) is 5.32. The van der Waals surface area contributed by atoms with Crippen LogP contribution in [0.1, 0.15) is 29.8 Å². The van der Waals surface area contributed by atoms with Crippen LogP contribution in [0.15, 0.2) is 23.9 Å². The average Bonchev–Trinajstić information content (AvgIpc) is 2.40. The SMILES string of the molecule is Cc1c(F)cc(C(=O)O)cc1NC=C1C(=O)OC(C)(C)OC1=O. The Labute approximate surface area is 130 Å². The maximum atomic E-state index is 13.7. The first-order chi connectivity index (χ1) is 10.6. The summed E-state index contributed by atoms with van der Waals surface area (Å²) < 4.78 is 23.5. The number of carbonyl (C=O) groups is 3. The third-order valence-electron chi connectivity index (χ3n) is 3.08. The first-order valence-corrected chi connectivity index (χ1v) is 6.57. The van der Waals surface area contributed by atoms with Crippen LogP contribution in [0, 0.1) is 12.7 Å². The van der Waals surface area contributed by atoms with E-state index in [4.69, 9.17) is 14.6 Å². The van der Waals surface area contributed by atoms with Crippen molar-refractivity contribution in [3.63, 3.8) is 0 Å². The summed E-state index contributed by atoms with van der Waals surface area (Å²) in [4.78, 5) is 34.5. The van der Waals surface area contributed by atoms with Crippen molar-refractivity contribution < 1.29 is 33.4 Å². The van der Waals surface area contributed by atoms with Gasteiger partial charge in [0.25, 0.3) is 5.79 Å². The van der Waals surface area contributed by atoms with E-state index in [1.165, 1.54) is 26.8 Å². The smallest absolute Gasteiger partial charge is 0.350 e. The Balaban J connectivity index is 2.31. The quantitative estimate of drug-likeness (QED) is 0.498. The molecule has 122 valence electrons. The molecule has 23 heavy (non-hydrogen) atoms. The van der Waals surface area contributed by atoms with E-state index in [9.17, 15) is 18.8 Å². The van der Waals surface area contributed by atoms with Crippen LogP contribution in [0.25, 0.3) is 0 Å². The Bertz CT molecular complexity index is 716. The van der Waals surface area contributed by atoms with Gasteiger partial charge in [-0.25, -0.2) is 18.8 Å². The van der Waals surface area contributed by atoms with Crippen molar-refractivity contribution in [3.05, 3.63) is 40.8 Å². The van der Waals surface area contributed by atoms with Gasteiger partial charge in [0.05, 0.1) is 5.56 Å². The maximum absolute atomic E-state index is 13.7. The molecule has 2 N–H and O–H groups in total. The first kappa shape index (κ1) is 16.5. The Morgan fingerprint density at radius 3 is 2.35 bits per heavy atom. The van der Waals surface area contributed by atoms with Crippen LogP contribution in [0.3, 0.4) is 0 Å². The molecule has 0 radical (unpaired) electrons. The van der Waals surface area contributed by atoms with Crippen LogP contribution in [0.5, 0.6) is 0 Å². The summed E-state index contributed by atoms with van der Waals surface area (Å²) in [5.41, 5.74) is -0.459. The molecule has 0 aliphatic carbocycles. The highest BCUT2D eigenvalue weighted by molar-refractivity contribution is 6.15. The molecule has 1 aromatic rings. The number of carboxylic acids is 1. The van der Waals surface area contributed by atoms with Gasteiger partial charge in [-0.3, -0.25) is 0 Å². The van der Waals surface area contributed by atoms with Gasteiger partial charge in [0, 0.05) is 31.3 Å². The highest BCUT2D eigenvalue weighted by Crippen LogP contribution is 2.24. The lowest BCUT2D eigenvalue weighted by Crippen LogP contribution is -2.42. The molecule has 1 aliphatic heterocycles. The summed E-state index contributed by atoms with van der Waals surface area (Å²) >= 11 is 0. The number of hydrogen-bond acceptors (Lipinski definition) is 6. The third kappa shape index (κ3) is 3.47. The number of cyclic esters (lactones) is 2. The molecule has 0 bridgehead atoms. The monoisotopic (exact) mass is 323 g/mol. The van der Waals surface area contributed by atoms with E-state index >= 15 is 0 Å². The van der Waals surface area contributed by atoms with Crippen molar-refractivity contribution in [2.75, 3.05) is 5.32 Å². The van der Waals surface area contributed by atoms with Crippen molar-refractivity contribution in [2.24, 2.45) is 0 Å². The normalized spacial score (nSPS) is 16.4. The fraction of sp³-hybridized carbons (Fsp3) is 0.267. The van der Waals surface area contributed by atoms with Crippen molar-refractivity contribution in [1.29, 1.82) is 0 Å². The van der Waals surface area contributed by atoms with Crippen molar-refractivity contribution >= 4 is 23.6 Å². The van der Waals surface area contributed by atoms with Crippen LogP contribution in [0.4, 0.5) is 10.1 Å². The topological polar surface area (TPSA) is 102 Å². The predicted octanol–water partition coefficient (Wildman–Crippen LogP) is 1.96. The first-order valence-electron chi connectivity index (χ1n) is 6.57. The highest BCUT2D eigenvalue weighted by Gasteiger charge is 2.38. The van der Waals surface area contributed by atoms with Gasteiger partial charge in [0.1, 0.15) is 5.82 Å². The lowest BCUT2D eigenvalue weighted by atomic mass is 10.1. The summed E-state index contributed by atoms with van der Waals surface area (Å²) in [7, 11) is 0. The van der Waals surface area contributed by atoms with E-state index in [0.29, 0.717) is 0 Å². The van der Waals surface area contributed by atoms with Crippen LogP contribution in [-0.2, 0) is 19.1 Å². The molecule has 0 unspecified atom stereocenters. The molecule has 0 saturated carbocycles. The van der Waals surface area contributed by atoms with Crippen LogP contribution in [-0.4, -0.2) is 28.8 Å². The van der Waals surface area contributed by atoms with Crippen LogP contribution >= 0.6 is 0 Å². The van der Waals surface area contributed by atoms with Gasteiger partial charge < -0.3 is 19.9 Å². The lowest BCUT2D eigenvalue weighted by molar-refractivity contribution is -0.222. The third-order valence-corrected chi connectivity index (χ3v) is 3.08. The average molecular weight is 323 g/mol. The Kier molecular flexibility index (Phi) is 4.09. The van der Waals surface area contributed by atoms with Gasteiger partial charge >= 0.3 is 17.9 Å². The predicted molar refractivity (Wildman–Crippen MR) is 76.1 cm³/mol. The number of hydrogen-bond donors (Lipinski definition) is 2. The largest absolute Gasteiger partial charge is 0.478 e. The fourth-order valence-corrected chi connectivity index (χ4v) is 1.88. The number of carboxylic acid groups (broad SMARTS) is 1. The second-order valence-corrected chi connectivity index (χ2v) is 5.32. The molecule has 1 heterocycles. The number of anilines is 1.